The van der Waals surface area contributed by atoms with Gasteiger partial charge in [0.1, 0.15) is 42.4 Å². The molecule has 28 heavy (non-hydrogen) atoms. The molecule has 148 valence electrons. The Labute approximate surface area is 164 Å². The second kappa shape index (κ2) is 9.77. The van der Waals surface area contributed by atoms with Crippen LogP contribution in [-0.4, -0.2) is 42.6 Å². The number of nitrogens with one attached hydrogen (secondary N) is 1. The van der Waals surface area contributed by atoms with Crippen LogP contribution in [0.4, 0.5) is 0 Å². The van der Waals surface area contributed by atoms with Gasteiger partial charge in [-0.3, -0.25) is 0 Å². The molecule has 0 amide bonds. The molecule has 1 aliphatic rings. The van der Waals surface area contributed by atoms with Gasteiger partial charge in [-0.15, -0.1) is 0 Å². The Morgan fingerprint density at radius 1 is 1.46 bits per heavy atom. The van der Waals surface area contributed by atoms with Gasteiger partial charge in [0, 0.05) is 17.8 Å². The predicted octanol–water partition coefficient (Wildman–Crippen LogP) is 2.17. The van der Waals surface area contributed by atoms with Crippen LogP contribution in [0.2, 0.25) is 0 Å². The van der Waals surface area contributed by atoms with E-state index in [2.05, 4.69) is 18.0 Å². The summed E-state index contributed by atoms with van der Waals surface area (Å²) in [6.07, 6.45) is 3.54. The maximum Gasteiger partial charge on any atom is 0.138 e. The summed E-state index contributed by atoms with van der Waals surface area (Å²) in [5.74, 6) is 2.70. The zero-order chi connectivity index (χ0) is 20.6. The highest BCUT2D eigenvalue weighted by Gasteiger charge is 2.42. The lowest BCUT2D eigenvalue weighted by Crippen LogP contribution is -2.51. The maximum absolute atomic E-state index is 10.8. The SMILES string of the molecule is C=CCO/C(=C/N[C@H]1c2cc(C#N)ccc2OC(C)(C)[C@@H]1O)COCC=C=O. The summed E-state index contributed by atoms with van der Waals surface area (Å²) < 4.78 is 16.8. The lowest BCUT2D eigenvalue weighted by Gasteiger charge is -2.42. The molecule has 0 fully saturated rings. The molecule has 0 unspecified atom stereocenters. The normalized spacial score (nSPS) is 20.0. The highest BCUT2D eigenvalue weighted by molar-refractivity contribution is 5.46. The Bertz CT molecular complexity index is 819. The first kappa shape index (κ1) is 21.3. The smallest absolute Gasteiger partial charge is 0.138 e. The third kappa shape index (κ3) is 5.24. The van der Waals surface area contributed by atoms with Crippen molar-refractivity contribution in [2.24, 2.45) is 0 Å². The molecule has 0 saturated heterocycles. The Balaban J connectivity index is 2.27. The van der Waals surface area contributed by atoms with Gasteiger partial charge < -0.3 is 24.6 Å². The number of hydrogen-bond acceptors (Lipinski definition) is 7. The third-order valence-corrected chi connectivity index (χ3v) is 4.21. The minimum absolute atomic E-state index is 0.111. The standard InChI is InChI=1S/C21H24N2O5/c1-4-9-27-16(14-26-10-5-8-24)13-23-19-17-11-15(12-22)6-7-18(17)28-21(2,3)20(19)25/h4-7,11,13,19-20,23,25H,1,9-10,14H2,2-3H3/b16-13+/t19-,20+/m0/s1. The molecule has 7 nitrogen and oxygen atoms in total. The second-order valence-corrected chi connectivity index (χ2v) is 6.71. The van der Waals surface area contributed by atoms with Gasteiger partial charge in [0.2, 0.25) is 0 Å². The molecule has 0 spiro atoms. The van der Waals surface area contributed by atoms with Crippen molar-refractivity contribution in [2.45, 2.75) is 31.6 Å². The quantitative estimate of drug-likeness (QED) is 0.291. The molecule has 1 heterocycles. The highest BCUT2D eigenvalue weighted by atomic mass is 16.5. The van der Waals surface area contributed by atoms with Crippen LogP contribution >= 0.6 is 0 Å². The van der Waals surface area contributed by atoms with Gasteiger partial charge in [-0.25, -0.2) is 4.79 Å². The maximum atomic E-state index is 10.8. The zero-order valence-electron chi connectivity index (χ0n) is 16.0. The van der Waals surface area contributed by atoms with E-state index in [9.17, 15) is 15.2 Å². The van der Waals surface area contributed by atoms with E-state index in [0.29, 0.717) is 22.6 Å². The number of aliphatic hydroxyl groups excluding tert-OH is 1. The van der Waals surface area contributed by atoms with Crippen molar-refractivity contribution in [2.75, 3.05) is 19.8 Å². The highest BCUT2D eigenvalue weighted by Crippen LogP contribution is 2.40. The average Bonchev–Trinajstić information content (AvgIpc) is 2.68. The fourth-order valence-corrected chi connectivity index (χ4v) is 2.78. The number of rotatable bonds is 9. The first-order valence-corrected chi connectivity index (χ1v) is 8.80. The van der Waals surface area contributed by atoms with Crippen LogP contribution in [0.25, 0.3) is 0 Å². The predicted molar refractivity (Wildman–Crippen MR) is 103 cm³/mol. The molecule has 1 aromatic carbocycles. The molecule has 0 aromatic heterocycles. The molecule has 0 bridgehead atoms. The van der Waals surface area contributed by atoms with Gasteiger partial charge in [0.05, 0.1) is 24.3 Å². The van der Waals surface area contributed by atoms with Gasteiger partial charge in [0.15, 0.2) is 0 Å². The molecule has 1 aromatic rings. The topological polar surface area (TPSA) is 101 Å². The van der Waals surface area contributed by atoms with Gasteiger partial charge in [-0.2, -0.15) is 5.26 Å². The minimum atomic E-state index is -0.884. The molecular formula is C21H24N2O5. The van der Waals surface area contributed by atoms with E-state index in [0.717, 1.165) is 0 Å². The van der Waals surface area contributed by atoms with E-state index < -0.39 is 17.7 Å². The Kier molecular flexibility index (Phi) is 7.42. The molecule has 2 rings (SSSR count). The van der Waals surface area contributed by atoms with Gasteiger partial charge >= 0.3 is 0 Å². The Hall–Kier alpha value is -3.04. The zero-order valence-corrected chi connectivity index (χ0v) is 16.0. The summed E-state index contributed by atoms with van der Waals surface area (Å²) in [5.41, 5.74) is 0.312. The van der Waals surface area contributed by atoms with E-state index in [1.807, 2.05) is 0 Å². The number of hydrogen-bond donors (Lipinski definition) is 2. The minimum Gasteiger partial charge on any atom is -0.490 e. The van der Waals surface area contributed by atoms with E-state index in [1.165, 1.54) is 6.08 Å². The number of ether oxygens (including phenoxy) is 3. The number of aliphatic hydroxyl groups is 1. The van der Waals surface area contributed by atoms with Crippen LogP contribution in [-0.2, 0) is 14.3 Å². The van der Waals surface area contributed by atoms with E-state index in [4.69, 9.17) is 14.2 Å². The molecule has 0 aliphatic carbocycles. The number of nitriles is 1. The van der Waals surface area contributed by atoms with Gasteiger partial charge in [-0.05, 0) is 32.0 Å². The van der Waals surface area contributed by atoms with E-state index in [-0.39, 0.29) is 19.8 Å². The van der Waals surface area contributed by atoms with E-state index in [1.54, 1.807) is 50.3 Å². The molecular weight excluding hydrogens is 360 g/mol. The molecule has 0 radical (unpaired) electrons. The second-order valence-electron chi connectivity index (χ2n) is 6.71. The summed E-state index contributed by atoms with van der Waals surface area (Å²) in [5, 5.41) is 23.2. The summed E-state index contributed by atoms with van der Waals surface area (Å²) in [6.45, 7) is 7.70. The summed E-state index contributed by atoms with van der Waals surface area (Å²) in [7, 11) is 0. The molecule has 7 heteroatoms. The van der Waals surface area contributed by atoms with Crippen molar-refractivity contribution in [1.29, 1.82) is 5.26 Å². The van der Waals surface area contributed by atoms with Crippen LogP contribution in [0.1, 0.15) is 31.0 Å². The Morgan fingerprint density at radius 2 is 2.25 bits per heavy atom. The molecule has 2 atom stereocenters. The molecule has 2 N–H and O–H groups in total. The van der Waals surface area contributed by atoms with Crippen molar-refractivity contribution in [1.82, 2.24) is 5.32 Å². The van der Waals surface area contributed by atoms with Crippen LogP contribution in [0, 0.1) is 11.3 Å². The van der Waals surface area contributed by atoms with Gasteiger partial charge in [0.25, 0.3) is 0 Å². The summed E-state index contributed by atoms with van der Waals surface area (Å²) >= 11 is 0. The van der Waals surface area contributed by atoms with Gasteiger partial charge in [-0.1, -0.05) is 12.7 Å². The average molecular weight is 384 g/mol. The number of nitrogens with zero attached hydrogens (tertiary/aromatic N) is 1. The lowest BCUT2D eigenvalue weighted by molar-refractivity contribution is -0.0623. The largest absolute Gasteiger partial charge is 0.490 e. The van der Waals surface area contributed by atoms with Crippen LogP contribution in [0.15, 0.2) is 48.9 Å². The number of benzene rings is 1. The van der Waals surface area contributed by atoms with Crippen LogP contribution in [0.3, 0.4) is 0 Å². The lowest BCUT2D eigenvalue weighted by atomic mass is 9.86. The monoisotopic (exact) mass is 384 g/mol. The van der Waals surface area contributed by atoms with Crippen molar-refractivity contribution in [3.05, 3.63) is 60.0 Å². The Morgan fingerprint density at radius 3 is 2.93 bits per heavy atom. The van der Waals surface area contributed by atoms with Crippen molar-refractivity contribution in [3.63, 3.8) is 0 Å². The summed E-state index contributed by atoms with van der Waals surface area (Å²) in [4.78, 5) is 10.2. The van der Waals surface area contributed by atoms with E-state index >= 15 is 0 Å². The fraction of sp³-hybridized carbons (Fsp3) is 0.381. The number of carbonyl (C=O) groups excluding carboxylic acids is 1. The van der Waals surface area contributed by atoms with Crippen molar-refractivity contribution in [3.8, 4) is 11.8 Å². The van der Waals surface area contributed by atoms with Crippen LogP contribution < -0.4 is 10.1 Å². The molecule has 0 saturated carbocycles. The number of fused-ring (bicyclic) bond motifs is 1. The fourth-order valence-electron chi connectivity index (χ4n) is 2.78. The van der Waals surface area contributed by atoms with Crippen molar-refractivity contribution < 1.29 is 24.1 Å². The van der Waals surface area contributed by atoms with Crippen LogP contribution in [0.5, 0.6) is 5.75 Å². The third-order valence-electron chi connectivity index (χ3n) is 4.21. The summed E-state index contributed by atoms with van der Waals surface area (Å²) in [6, 6.07) is 6.66. The molecule has 1 aliphatic heterocycles. The van der Waals surface area contributed by atoms with Crippen molar-refractivity contribution >= 4 is 5.94 Å². The first-order valence-electron chi connectivity index (χ1n) is 8.80. The first-order chi connectivity index (χ1) is 13.4.